The van der Waals surface area contributed by atoms with Crippen molar-refractivity contribution < 1.29 is 8.23 Å². The molecule has 22 heavy (non-hydrogen) atoms. The maximum Gasteiger partial charge on any atom is 0.198 e. The Labute approximate surface area is 143 Å². The standard InChI is InChI=1S/2C8H18OSi2/c2*1-7-10(3,4)9-11(5,6)8-2/h2*7-8H,1-2H2,3-6H3. The lowest BCUT2D eigenvalue weighted by molar-refractivity contribution is 0.570. The number of rotatable bonds is 8. The molecule has 128 valence electrons. The summed E-state index contributed by atoms with van der Waals surface area (Å²) in [6.07, 6.45) is 0. The molecule has 6 heteroatoms. The molecule has 0 radical (unpaired) electrons. The van der Waals surface area contributed by atoms with Crippen molar-refractivity contribution in [3.63, 3.8) is 0 Å². The first-order chi connectivity index (χ1) is 9.66. The van der Waals surface area contributed by atoms with E-state index in [1.165, 1.54) is 0 Å². The van der Waals surface area contributed by atoms with Crippen LogP contribution in [0.5, 0.6) is 0 Å². The Hall–Kier alpha value is -0.252. The predicted molar refractivity (Wildman–Crippen MR) is 113 cm³/mol. The van der Waals surface area contributed by atoms with E-state index < -0.39 is 33.3 Å². The fourth-order valence-corrected chi connectivity index (χ4v) is 13.7. The fraction of sp³-hybridized carbons (Fsp3) is 0.500. The summed E-state index contributed by atoms with van der Waals surface area (Å²) < 4.78 is 11.9. The Kier molecular flexibility index (Phi) is 9.98. The van der Waals surface area contributed by atoms with Crippen molar-refractivity contribution in [3.8, 4) is 0 Å². The molecule has 0 aromatic heterocycles. The minimum absolute atomic E-state index is 1.58. The van der Waals surface area contributed by atoms with Crippen LogP contribution in [0.15, 0.2) is 49.1 Å². The summed E-state index contributed by atoms with van der Waals surface area (Å²) in [6.45, 7) is 32.3. The molecule has 0 aromatic rings. The third kappa shape index (κ3) is 12.3. The molecule has 0 amide bonds. The van der Waals surface area contributed by atoms with E-state index in [2.05, 4.69) is 78.7 Å². The third-order valence-electron chi connectivity index (χ3n) is 3.02. The summed E-state index contributed by atoms with van der Waals surface area (Å²) in [6, 6.07) is 0. The molecule has 0 aliphatic carbocycles. The maximum atomic E-state index is 5.97. The number of hydrogen-bond donors (Lipinski definition) is 0. The molecule has 0 fully saturated rings. The Morgan fingerprint density at radius 3 is 0.682 bits per heavy atom. The van der Waals surface area contributed by atoms with Gasteiger partial charge in [-0.05, 0) is 52.4 Å². The van der Waals surface area contributed by atoms with Gasteiger partial charge in [-0.1, -0.05) is 22.8 Å². The largest absolute Gasteiger partial charge is 0.449 e. The highest BCUT2D eigenvalue weighted by Crippen LogP contribution is 2.16. The smallest absolute Gasteiger partial charge is 0.198 e. The molecule has 0 aliphatic rings. The predicted octanol–water partition coefficient (Wildman–Crippen LogP) is 5.73. The molecule has 0 saturated heterocycles. The topological polar surface area (TPSA) is 18.5 Å². The normalized spacial score (nSPS) is 12.7. The van der Waals surface area contributed by atoms with E-state index in [0.29, 0.717) is 0 Å². The summed E-state index contributed by atoms with van der Waals surface area (Å²) in [4.78, 5) is 0. The highest BCUT2D eigenvalue weighted by molar-refractivity contribution is 6.90. The van der Waals surface area contributed by atoms with Gasteiger partial charge in [0.25, 0.3) is 0 Å². The van der Waals surface area contributed by atoms with E-state index in [4.69, 9.17) is 8.23 Å². The van der Waals surface area contributed by atoms with Crippen LogP contribution in [-0.2, 0) is 8.23 Å². The molecular weight excluding hydrogens is 337 g/mol. The van der Waals surface area contributed by atoms with E-state index in [0.717, 1.165) is 0 Å². The average Bonchev–Trinajstić information content (AvgIpc) is 2.37. The zero-order chi connectivity index (χ0) is 18.2. The van der Waals surface area contributed by atoms with Gasteiger partial charge >= 0.3 is 0 Å². The van der Waals surface area contributed by atoms with E-state index in [-0.39, 0.29) is 0 Å². The van der Waals surface area contributed by atoms with Crippen molar-refractivity contribution in [2.75, 3.05) is 0 Å². The summed E-state index contributed by atoms with van der Waals surface area (Å²) in [5.41, 5.74) is 7.85. The molecule has 0 spiro atoms. The van der Waals surface area contributed by atoms with E-state index in [1.54, 1.807) is 0 Å². The van der Waals surface area contributed by atoms with Gasteiger partial charge in [-0.2, -0.15) is 0 Å². The molecule has 0 atom stereocenters. The van der Waals surface area contributed by atoms with E-state index in [1.807, 2.05) is 22.8 Å². The van der Waals surface area contributed by atoms with Crippen LogP contribution in [0, 0.1) is 0 Å². The van der Waals surface area contributed by atoms with Gasteiger partial charge in [0.2, 0.25) is 0 Å². The van der Waals surface area contributed by atoms with E-state index >= 15 is 0 Å². The first kappa shape index (κ1) is 24.0. The Morgan fingerprint density at radius 1 is 0.455 bits per heavy atom. The summed E-state index contributed by atoms with van der Waals surface area (Å²) in [5.74, 6) is 0. The number of hydrogen-bond acceptors (Lipinski definition) is 2. The van der Waals surface area contributed by atoms with Gasteiger partial charge in [-0.3, -0.25) is 0 Å². The van der Waals surface area contributed by atoms with Crippen molar-refractivity contribution in [1.82, 2.24) is 0 Å². The first-order valence-electron chi connectivity index (χ1n) is 7.60. The van der Waals surface area contributed by atoms with Crippen LogP contribution >= 0.6 is 0 Å². The van der Waals surface area contributed by atoms with Crippen molar-refractivity contribution in [2.45, 2.75) is 52.4 Å². The lowest BCUT2D eigenvalue weighted by Gasteiger charge is -2.29. The van der Waals surface area contributed by atoms with Gasteiger partial charge in [-0.25, -0.2) is 0 Å². The minimum Gasteiger partial charge on any atom is -0.449 e. The van der Waals surface area contributed by atoms with Crippen LogP contribution in [-0.4, -0.2) is 33.3 Å². The van der Waals surface area contributed by atoms with Crippen molar-refractivity contribution in [2.24, 2.45) is 0 Å². The SMILES string of the molecule is C=C[Si](C)(C)O[Si](C)(C)C=C.C=C[Si](C)(C)O[Si](C)(C)C=C. The van der Waals surface area contributed by atoms with Crippen molar-refractivity contribution in [1.29, 1.82) is 0 Å². The molecule has 0 unspecified atom stereocenters. The second kappa shape index (κ2) is 9.14. The highest BCUT2D eigenvalue weighted by Gasteiger charge is 2.28. The Bertz CT molecular complexity index is 325. The Morgan fingerprint density at radius 2 is 0.591 bits per heavy atom. The molecule has 0 saturated carbocycles. The quantitative estimate of drug-likeness (QED) is 0.507. The highest BCUT2D eigenvalue weighted by atomic mass is 28.4. The monoisotopic (exact) mass is 372 g/mol. The zero-order valence-corrected chi connectivity index (χ0v) is 20.0. The third-order valence-corrected chi connectivity index (χ3v) is 15.4. The second-order valence-electron chi connectivity index (χ2n) is 7.43. The Balaban J connectivity index is 0. The van der Waals surface area contributed by atoms with Crippen LogP contribution in [0.25, 0.3) is 0 Å². The minimum atomic E-state index is -1.58. The van der Waals surface area contributed by atoms with Crippen molar-refractivity contribution >= 4 is 33.3 Å². The average molecular weight is 373 g/mol. The second-order valence-corrected chi connectivity index (χ2v) is 23.5. The van der Waals surface area contributed by atoms with Crippen LogP contribution < -0.4 is 0 Å². The summed E-state index contributed by atoms with van der Waals surface area (Å²) in [7, 11) is -6.32. The van der Waals surface area contributed by atoms with Crippen LogP contribution in [0.3, 0.4) is 0 Å². The molecule has 2 nitrogen and oxygen atoms in total. The molecule has 0 N–H and O–H groups in total. The molecule has 0 heterocycles. The first-order valence-corrected chi connectivity index (χ1v) is 19.5. The fourth-order valence-electron chi connectivity index (χ4n) is 1.52. The molecule has 0 aromatic carbocycles. The van der Waals surface area contributed by atoms with Gasteiger partial charge in [0.1, 0.15) is 0 Å². The van der Waals surface area contributed by atoms with Crippen LogP contribution in [0.1, 0.15) is 0 Å². The molecule has 0 rings (SSSR count). The van der Waals surface area contributed by atoms with Gasteiger partial charge in [0, 0.05) is 0 Å². The molecule has 0 bridgehead atoms. The summed E-state index contributed by atoms with van der Waals surface area (Å²) >= 11 is 0. The van der Waals surface area contributed by atoms with Gasteiger partial charge < -0.3 is 8.23 Å². The van der Waals surface area contributed by atoms with Crippen LogP contribution in [0.4, 0.5) is 0 Å². The van der Waals surface area contributed by atoms with Gasteiger partial charge in [0.05, 0.1) is 0 Å². The van der Waals surface area contributed by atoms with Gasteiger partial charge in [-0.15, -0.1) is 26.3 Å². The van der Waals surface area contributed by atoms with Gasteiger partial charge in [0.15, 0.2) is 33.3 Å². The molecule has 0 aliphatic heterocycles. The van der Waals surface area contributed by atoms with Crippen LogP contribution in [0.2, 0.25) is 52.4 Å². The zero-order valence-electron chi connectivity index (χ0n) is 16.0. The lowest BCUT2D eigenvalue weighted by Crippen LogP contribution is -2.41. The maximum absolute atomic E-state index is 5.97. The summed E-state index contributed by atoms with van der Waals surface area (Å²) in [5, 5.41) is 0. The lowest BCUT2D eigenvalue weighted by atomic mass is 11.3. The molecular formula is C16H36O2Si4. The van der Waals surface area contributed by atoms with Crippen molar-refractivity contribution in [3.05, 3.63) is 49.1 Å². The van der Waals surface area contributed by atoms with E-state index in [9.17, 15) is 0 Å².